The van der Waals surface area contributed by atoms with E-state index < -0.39 is 0 Å². The molecule has 0 radical (unpaired) electrons. The Balaban J connectivity index is 1.70. The topological polar surface area (TPSA) is 21.1 Å². The van der Waals surface area contributed by atoms with E-state index in [1.807, 2.05) is 6.20 Å². The van der Waals surface area contributed by atoms with Gasteiger partial charge in [-0.1, -0.05) is 27.7 Å². The van der Waals surface area contributed by atoms with Crippen molar-refractivity contribution in [2.24, 2.45) is 11.8 Å². The molecule has 23 heavy (non-hydrogen) atoms. The first-order valence-electron chi connectivity index (χ1n) is 9.68. The second kappa shape index (κ2) is 8.86. The molecule has 0 amide bonds. The van der Waals surface area contributed by atoms with E-state index in [1.165, 1.54) is 50.6 Å². The molecule has 3 nitrogen and oxygen atoms in total. The van der Waals surface area contributed by atoms with Crippen molar-refractivity contribution in [1.82, 2.24) is 14.7 Å². The van der Waals surface area contributed by atoms with Gasteiger partial charge in [-0.05, 0) is 75.4 Å². The lowest BCUT2D eigenvalue weighted by Gasteiger charge is -2.34. The quantitative estimate of drug-likeness (QED) is 0.677. The van der Waals surface area contributed by atoms with E-state index in [2.05, 4.69) is 55.6 Å². The van der Waals surface area contributed by atoms with Gasteiger partial charge in [-0.25, -0.2) is 0 Å². The maximum atomic E-state index is 4.55. The van der Waals surface area contributed by atoms with Crippen LogP contribution in [-0.2, 0) is 6.54 Å². The average Bonchev–Trinajstić information content (AvgIpc) is 2.96. The van der Waals surface area contributed by atoms with Crippen molar-refractivity contribution in [1.29, 1.82) is 0 Å². The summed E-state index contributed by atoms with van der Waals surface area (Å²) in [6.07, 6.45) is 12.4. The molecular formula is C20H37N3. The molecule has 0 aliphatic heterocycles. The summed E-state index contributed by atoms with van der Waals surface area (Å²) in [6.45, 7) is 11.5. The summed E-state index contributed by atoms with van der Waals surface area (Å²) in [5, 5.41) is 4.55. The fourth-order valence-corrected chi connectivity index (χ4v) is 3.74. The maximum Gasteiger partial charge on any atom is 0.0524 e. The number of hydrogen-bond donors (Lipinski definition) is 0. The lowest BCUT2D eigenvalue weighted by atomic mass is 9.85. The smallest absolute Gasteiger partial charge is 0.0524 e. The van der Waals surface area contributed by atoms with Crippen molar-refractivity contribution in [2.45, 2.75) is 84.7 Å². The highest BCUT2D eigenvalue weighted by Crippen LogP contribution is 2.28. The standard InChI is InChI=1S/C20H37N3/c1-16(2)7-6-12-22(5)20-10-8-18(9-11-20)14-23-15-19(13-21-23)17(3)4/h13,15-18,20H,6-12,14H2,1-5H3. The average molecular weight is 320 g/mol. The Morgan fingerprint density at radius 3 is 2.43 bits per heavy atom. The Morgan fingerprint density at radius 2 is 1.87 bits per heavy atom. The first-order chi connectivity index (χ1) is 11.0. The SMILES string of the molecule is CC(C)CCCN(C)C1CCC(Cn2cc(C(C)C)cn2)CC1. The van der Waals surface area contributed by atoms with Gasteiger partial charge in [-0.2, -0.15) is 5.10 Å². The van der Waals surface area contributed by atoms with Crippen LogP contribution in [0.1, 0.15) is 77.7 Å². The van der Waals surface area contributed by atoms with Crippen LogP contribution in [0, 0.1) is 11.8 Å². The van der Waals surface area contributed by atoms with Gasteiger partial charge in [-0.15, -0.1) is 0 Å². The van der Waals surface area contributed by atoms with E-state index in [4.69, 9.17) is 0 Å². The molecule has 1 aliphatic rings. The van der Waals surface area contributed by atoms with E-state index in [1.54, 1.807) is 0 Å². The molecule has 1 heterocycles. The summed E-state index contributed by atoms with van der Waals surface area (Å²) in [7, 11) is 2.33. The summed E-state index contributed by atoms with van der Waals surface area (Å²) in [4.78, 5) is 2.61. The van der Waals surface area contributed by atoms with Gasteiger partial charge in [0, 0.05) is 18.8 Å². The fourth-order valence-electron chi connectivity index (χ4n) is 3.74. The molecule has 3 heteroatoms. The van der Waals surface area contributed by atoms with Crippen molar-refractivity contribution in [3.05, 3.63) is 18.0 Å². The van der Waals surface area contributed by atoms with Crippen LogP contribution in [-0.4, -0.2) is 34.3 Å². The van der Waals surface area contributed by atoms with Gasteiger partial charge in [-0.3, -0.25) is 4.68 Å². The minimum absolute atomic E-state index is 0.582. The van der Waals surface area contributed by atoms with Crippen molar-refractivity contribution in [3.63, 3.8) is 0 Å². The van der Waals surface area contributed by atoms with Crippen LogP contribution in [0.25, 0.3) is 0 Å². The first kappa shape index (κ1) is 18.5. The zero-order valence-corrected chi connectivity index (χ0v) is 16.0. The molecule has 0 bridgehead atoms. The van der Waals surface area contributed by atoms with E-state index in [0.717, 1.165) is 24.4 Å². The number of rotatable bonds is 8. The Bertz CT molecular complexity index is 441. The normalized spacial score (nSPS) is 22.4. The van der Waals surface area contributed by atoms with E-state index in [9.17, 15) is 0 Å². The third kappa shape index (κ3) is 5.95. The molecule has 0 unspecified atom stereocenters. The highest BCUT2D eigenvalue weighted by atomic mass is 15.3. The van der Waals surface area contributed by atoms with Gasteiger partial charge >= 0.3 is 0 Å². The molecule has 1 aromatic heterocycles. The lowest BCUT2D eigenvalue weighted by Crippen LogP contribution is -2.36. The highest BCUT2D eigenvalue weighted by molar-refractivity contribution is 5.08. The van der Waals surface area contributed by atoms with E-state index >= 15 is 0 Å². The van der Waals surface area contributed by atoms with Crippen LogP contribution in [0.2, 0.25) is 0 Å². The highest BCUT2D eigenvalue weighted by Gasteiger charge is 2.24. The molecular weight excluding hydrogens is 282 g/mol. The van der Waals surface area contributed by atoms with Crippen molar-refractivity contribution in [3.8, 4) is 0 Å². The van der Waals surface area contributed by atoms with E-state index in [0.29, 0.717) is 5.92 Å². The van der Waals surface area contributed by atoms with Crippen LogP contribution in [0.3, 0.4) is 0 Å². The molecule has 1 aliphatic carbocycles. The Morgan fingerprint density at radius 1 is 1.17 bits per heavy atom. The molecule has 0 atom stereocenters. The number of aromatic nitrogens is 2. The molecule has 1 fully saturated rings. The summed E-state index contributed by atoms with van der Waals surface area (Å²) in [5.74, 6) is 2.23. The van der Waals surface area contributed by atoms with Crippen molar-refractivity contribution in [2.75, 3.05) is 13.6 Å². The van der Waals surface area contributed by atoms with Gasteiger partial charge in [0.1, 0.15) is 0 Å². The third-order valence-electron chi connectivity index (χ3n) is 5.50. The monoisotopic (exact) mass is 319 g/mol. The van der Waals surface area contributed by atoms with E-state index in [-0.39, 0.29) is 0 Å². The Kier molecular flexibility index (Phi) is 7.13. The van der Waals surface area contributed by atoms with Gasteiger partial charge in [0.25, 0.3) is 0 Å². The van der Waals surface area contributed by atoms with Gasteiger partial charge in [0.15, 0.2) is 0 Å². The largest absolute Gasteiger partial charge is 0.303 e. The lowest BCUT2D eigenvalue weighted by molar-refractivity contribution is 0.153. The molecule has 1 saturated carbocycles. The van der Waals surface area contributed by atoms with Crippen LogP contribution in [0.5, 0.6) is 0 Å². The van der Waals surface area contributed by atoms with Crippen LogP contribution < -0.4 is 0 Å². The maximum absolute atomic E-state index is 4.55. The first-order valence-corrected chi connectivity index (χ1v) is 9.68. The van der Waals surface area contributed by atoms with Gasteiger partial charge in [0.05, 0.1) is 6.20 Å². The van der Waals surface area contributed by atoms with Gasteiger partial charge < -0.3 is 4.90 Å². The summed E-state index contributed by atoms with van der Waals surface area (Å²) in [5.41, 5.74) is 1.36. The van der Waals surface area contributed by atoms with Crippen LogP contribution >= 0.6 is 0 Å². The molecule has 0 aromatic carbocycles. The Labute approximate surface area is 143 Å². The fraction of sp³-hybridized carbons (Fsp3) is 0.850. The summed E-state index contributed by atoms with van der Waals surface area (Å²) in [6, 6.07) is 0.808. The third-order valence-corrected chi connectivity index (χ3v) is 5.50. The molecule has 0 spiro atoms. The second-order valence-corrected chi connectivity index (χ2v) is 8.34. The molecule has 132 valence electrons. The summed E-state index contributed by atoms with van der Waals surface area (Å²) < 4.78 is 2.17. The van der Waals surface area contributed by atoms with Crippen LogP contribution in [0.15, 0.2) is 12.4 Å². The predicted octanol–water partition coefficient (Wildman–Crippen LogP) is 4.93. The molecule has 2 rings (SSSR count). The minimum Gasteiger partial charge on any atom is -0.303 e. The summed E-state index contributed by atoms with van der Waals surface area (Å²) >= 11 is 0. The van der Waals surface area contributed by atoms with Crippen molar-refractivity contribution >= 4 is 0 Å². The predicted molar refractivity (Wildman–Crippen MR) is 98.8 cm³/mol. The minimum atomic E-state index is 0.582. The number of nitrogens with zero attached hydrogens (tertiary/aromatic N) is 3. The second-order valence-electron chi connectivity index (χ2n) is 8.34. The molecule has 0 N–H and O–H groups in total. The zero-order chi connectivity index (χ0) is 16.8. The van der Waals surface area contributed by atoms with Crippen LogP contribution in [0.4, 0.5) is 0 Å². The number of hydrogen-bond acceptors (Lipinski definition) is 2. The molecule has 1 aromatic rings. The zero-order valence-electron chi connectivity index (χ0n) is 16.0. The van der Waals surface area contributed by atoms with Crippen molar-refractivity contribution < 1.29 is 0 Å². The Hall–Kier alpha value is -0.830. The molecule has 0 saturated heterocycles. The van der Waals surface area contributed by atoms with Gasteiger partial charge in [0.2, 0.25) is 0 Å².